The molecule has 0 aromatic heterocycles. The maximum absolute atomic E-state index is 12.8. The number of carboxylic acids is 1. The summed E-state index contributed by atoms with van der Waals surface area (Å²) in [6.45, 7) is 3.67. The third-order valence-corrected chi connectivity index (χ3v) is 1.95. The van der Waals surface area contributed by atoms with Crippen molar-refractivity contribution in [2.24, 2.45) is 0 Å². The molecule has 1 rings (SSSR count). The molecular formula is C11H11F2NO2. The van der Waals surface area contributed by atoms with Gasteiger partial charge < -0.3 is 10.4 Å². The first kappa shape index (κ1) is 12.3. The van der Waals surface area contributed by atoms with Crippen LogP contribution in [0.2, 0.25) is 0 Å². The maximum Gasteiger partial charge on any atom is 0.332 e. The Bertz CT molecular complexity index is 418. The summed E-state index contributed by atoms with van der Waals surface area (Å²) >= 11 is 0. The summed E-state index contributed by atoms with van der Waals surface area (Å²) in [6.07, 6.45) is 0. The topological polar surface area (TPSA) is 49.3 Å². The second kappa shape index (κ2) is 5.37. The molecule has 2 N–H and O–H groups in total. The summed E-state index contributed by atoms with van der Waals surface area (Å²) in [4.78, 5) is 10.4. The Kier molecular flexibility index (Phi) is 4.13. The third kappa shape index (κ3) is 3.43. The highest BCUT2D eigenvalue weighted by atomic mass is 19.2. The van der Waals surface area contributed by atoms with Crippen molar-refractivity contribution in [3.63, 3.8) is 0 Å². The second-order valence-corrected chi connectivity index (χ2v) is 3.26. The fourth-order valence-electron chi connectivity index (χ4n) is 1.08. The van der Waals surface area contributed by atoms with Crippen LogP contribution in [0, 0.1) is 11.6 Å². The lowest BCUT2D eigenvalue weighted by molar-refractivity contribution is -0.132. The van der Waals surface area contributed by atoms with Gasteiger partial charge in [-0.3, -0.25) is 0 Å². The van der Waals surface area contributed by atoms with Crippen LogP contribution < -0.4 is 5.32 Å². The van der Waals surface area contributed by atoms with Crippen LogP contribution in [0.1, 0.15) is 5.56 Å². The molecular weight excluding hydrogens is 216 g/mol. The molecule has 0 fully saturated rings. The zero-order valence-electron chi connectivity index (χ0n) is 8.46. The number of hydrogen-bond acceptors (Lipinski definition) is 2. The summed E-state index contributed by atoms with van der Waals surface area (Å²) in [7, 11) is 0. The highest BCUT2D eigenvalue weighted by Crippen LogP contribution is 2.08. The van der Waals surface area contributed by atoms with Crippen molar-refractivity contribution in [1.29, 1.82) is 0 Å². The fourth-order valence-corrected chi connectivity index (χ4v) is 1.08. The first-order valence-electron chi connectivity index (χ1n) is 4.56. The van der Waals surface area contributed by atoms with Crippen LogP contribution in [0.15, 0.2) is 30.4 Å². The molecule has 0 unspecified atom stereocenters. The smallest absolute Gasteiger partial charge is 0.332 e. The van der Waals surface area contributed by atoms with E-state index in [0.29, 0.717) is 5.56 Å². The lowest BCUT2D eigenvalue weighted by Gasteiger charge is -2.05. The summed E-state index contributed by atoms with van der Waals surface area (Å²) < 4.78 is 25.3. The van der Waals surface area contributed by atoms with E-state index in [4.69, 9.17) is 5.11 Å². The predicted molar refractivity (Wildman–Crippen MR) is 54.8 cm³/mol. The number of hydrogen-bond donors (Lipinski definition) is 2. The van der Waals surface area contributed by atoms with Gasteiger partial charge in [-0.15, -0.1) is 0 Å². The molecule has 0 aliphatic heterocycles. The van der Waals surface area contributed by atoms with Gasteiger partial charge in [0.25, 0.3) is 0 Å². The SMILES string of the molecule is C=C(CNCc1ccc(F)c(F)c1)C(=O)O. The van der Waals surface area contributed by atoms with Gasteiger partial charge in [0.2, 0.25) is 0 Å². The number of rotatable bonds is 5. The van der Waals surface area contributed by atoms with Crippen LogP contribution in [0.5, 0.6) is 0 Å². The number of carboxylic acid groups (broad SMARTS) is 1. The van der Waals surface area contributed by atoms with E-state index in [-0.39, 0.29) is 18.7 Å². The standard InChI is InChI=1S/C11H11F2NO2/c1-7(11(15)16)5-14-6-8-2-3-9(12)10(13)4-8/h2-4,14H,1,5-6H2,(H,15,16). The Labute approximate surface area is 91.4 Å². The van der Waals surface area contributed by atoms with E-state index in [1.54, 1.807) is 0 Å². The van der Waals surface area contributed by atoms with E-state index < -0.39 is 17.6 Å². The Morgan fingerprint density at radius 3 is 2.62 bits per heavy atom. The van der Waals surface area contributed by atoms with E-state index in [1.165, 1.54) is 6.07 Å². The second-order valence-electron chi connectivity index (χ2n) is 3.26. The van der Waals surface area contributed by atoms with Crippen LogP contribution >= 0.6 is 0 Å². The number of nitrogens with one attached hydrogen (secondary N) is 1. The van der Waals surface area contributed by atoms with Gasteiger partial charge >= 0.3 is 5.97 Å². The lowest BCUT2D eigenvalue weighted by atomic mass is 10.2. The summed E-state index contributed by atoms with van der Waals surface area (Å²) in [5, 5.41) is 11.3. The van der Waals surface area contributed by atoms with Crippen LogP contribution in [0.4, 0.5) is 8.78 Å². The molecule has 0 amide bonds. The monoisotopic (exact) mass is 227 g/mol. The molecule has 0 saturated heterocycles. The van der Waals surface area contributed by atoms with Crippen LogP contribution in [0.25, 0.3) is 0 Å². The number of aliphatic carboxylic acids is 1. The van der Waals surface area contributed by atoms with Gasteiger partial charge in [-0.05, 0) is 17.7 Å². The molecule has 0 saturated carbocycles. The van der Waals surface area contributed by atoms with Gasteiger partial charge in [-0.2, -0.15) is 0 Å². The maximum atomic E-state index is 12.8. The van der Waals surface area contributed by atoms with Crippen molar-refractivity contribution in [3.8, 4) is 0 Å². The summed E-state index contributed by atoms with van der Waals surface area (Å²) in [6, 6.07) is 3.51. The molecule has 0 spiro atoms. The molecule has 86 valence electrons. The van der Waals surface area contributed by atoms with Crippen molar-refractivity contribution in [2.45, 2.75) is 6.54 Å². The van der Waals surface area contributed by atoms with Crippen molar-refractivity contribution < 1.29 is 18.7 Å². The minimum absolute atomic E-state index is 0.0163. The van der Waals surface area contributed by atoms with Crippen LogP contribution in [-0.4, -0.2) is 17.6 Å². The molecule has 16 heavy (non-hydrogen) atoms. The van der Waals surface area contributed by atoms with Crippen molar-refractivity contribution in [3.05, 3.63) is 47.5 Å². The molecule has 5 heteroatoms. The van der Waals surface area contributed by atoms with Crippen molar-refractivity contribution in [2.75, 3.05) is 6.54 Å². The van der Waals surface area contributed by atoms with E-state index in [1.807, 2.05) is 0 Å². The minimum atomic E-state index is -1.09. The average Bonchev–Trinajstić information content (AvgIpc) is 2.23. The number of halogens is 2. The molecule has 0 aliphatic carbocycles. The van der Waals surface area contributed by atoms with Crippen molar-refractivity contribution in [1.82, 2.24) is 5.32 Å². The first-order valence-corrected chi connectivity index (χ1v) is 4.56. The average molecular weight is 227 g/mol. The Morgan fingerprint density at radius 2 is 2.06 bits per heavy atom. The van der Waals surface area contributed by atoms with Gasteiger partial charge in [0, 0.05) is 18.7 Å². The molecule has 3 nitrogen and oxygen atoms in total. The quantitative estimate of drug-likeness (QED) is 0.752. The minimum Gasteiger partial charge on any atom is -0.478 e. The van der Waals surface area contributed by atoms with Gasteiger partial charge in [0.15, 0.2) is 11.6 Å². The molecule has 1 aromatic carbocycles. The largest absolute Gasteiger partial charge is 0.478 e. The predicted octanol–water partition coefficient (Wildman–Crippen LogP) is 1.70. The molecule has 0 heterocycles. The van der Waals surface area contributed by atoms with Crippen LogP contribution in [0.3, 0.4) is 0 Å². The van der Waals surface area contributed by atoms with Gasteiger partial charge in [-0.25, -0.2) is 13.6 Å². The van der Waals surface area contributed by atoms with E-state index in [2.05, 4.69) is 11.9 Å². The zero-order valence-corrected chi connectivity index (χ0v) is 8.46. The number of carbonyl (C=O) groups is 1. The van der Waals surface area contributed by atoms with E-state index in [9.17, 15) is 13.6 Å². The van der Waals surface area contributed by atoms with Crippen LogP contribution in [-0.2, 0) is 11.3 Å². The molecule has 0 radical (unpaired) electrons. The van der Waals surface area contributed by atoms with Gasteiger partial charge in [0.05, 0.1) is 0 Å². The molecule has 0 bridgehead atoms. The first-order chi connectivity index (χ1) is 7.50. The Hall–Kier alpha value is -1.75. The number of benzene rings is 1. The molecule has 0 atom stereocenters. The normalized spacial score (nSPS) is 10.1. The molecule has 1 aromatic rings. The van der Waals surface area contributed by atoms with E-state index in [0.717, 1.165) is 12.1 Å². The Morgan fingerprint density at radius 1 is 1.38 bits per heavy atom. The summed E-state index contributed by atoms with van der Waals surface area (Å²) in [5.41, 5.74) is 0.555. The zero-order chi connectivity index (χ0) is 12.1. The fraction of sp³-hybridized carbons (Fsp3) is 0.182. The lowest BCUT2D eigenvalue weighted by Crippen LogP contribution is -2.20. The van der Waals surface area contributed by atoms with Gasteiger partial charge in [-0.1, -0.05) is 12.6 Å². The van der Waals surface area contributed by atoms with Gasteiger partial charge in [0.1, 0.15) is 0 Å². The third-order valence-electron chi connectivity index (χ3n) is 1.95. The highest BCUT2D eigenvalue weighted by molar-refractivity contribution is 5.86. The summed E-state index contributed by atoms with van der Waals surface area (Å²) in [5.74, 6) is -2.91. The highest BCUT2D eigenvalue weighted by Gasteiger charge is 2.04. The van der Waals surface area contributed by atoms with Crippen molar-refractivity contribution >= 4 is 5.97 Å². The Balaban J connectivity index is 2.46. The molecule has 0 aliphatic rings. The van der Waals surface area contributed by atoms with E-state index >= 15 is 0 Å².